The van der Waals surface area contributed by atoms with Gasteiger partial charge < -0.3 is 10.3 Å². The molecular weight excluding hydrogens is 334 g/mol. The molecule has 0 fully saturated rings. The Labute approximate surface area is 152 Å². The summed E-state index contributed by atoms with van der Waals surface area (Å²) in [5.74, 6) is 0.469. The number of aryl methyl sites for hydroxylation is 1. The van der Waals surface area contributed by atoms with E-state index in [-0.39, 0.29) is 12.3 Å². The number of nitrogens with zero attached hydrogens (tertiary/aromatic N) is 4. The lowest BCUT2D eigenvalue weighted by Gasteiger charge is -2.26. The quantitative estimate of drug-likeness (QED) is 0.804. The summed E-state index contributed by atoms with van der Waals surface area (Å²) in [6.45, 7) is 2.50. The highest BCUT2D eigenvalue weighted by Crippen LogP contribution is 2.22. The van der Waals surface area contributed by atoms with Crippen molar-refractivity contribution < 1.29 is 4.79 Å². The molecule has 2 N–H and O–H groups in total. The summed E-state index contributed by atoms with van der Waals surface area (Å²) in [4.78, 5) is 13.3. The Morgan fingerprint density at radius 2 is 2.08 bits per heavy atom. The van der Waals surface area contributed by atoms with Crippen molar-refractivity contribution in [2.24, 2.45) is 12.8 Å². The van der Waals surface area contributed by atoms with Gasteiger partial charge in [0.05, 0.1) is 6.67 Å². The van der Waals surface area contributed by atoms with E-state index in [0.717, 1.165) is 25.3 Å². The summed E-state index contributed by atoms with van der Waals surface area (Å²) in [5, 5.41) is 4.56. The van der Waals surface area contributed by atoms with Gasteiger partial charge in [-0.15, -0.1) is 0 Å². The van der Waals surface area contributed by atoms with Crippen molar-refractivity contribution >= 4 is 23.7 Å². The van der Waals surface area contributed by atoms with Crippen molar-refractivity contribution in [3.05, 3.63) is 52.6 Å². The summed E-state index contributed by atoms with van der Waals surface area (Å²) in [7, 11) is 1.88. The summed E-state index contributed by atoms with van der Waals surface area (Å²) < 4.78 is 4.35. The summed E-state index contributed by atoms with van der Waals surface area (Å²) in [5.41, 5.74) is 7.91. The molecule has 0 spiro atoms. The Kier molecular flexibility index (Phi) is 5.45. The van der Waals surface area contributed by atoms with Gasteiger partial charge >= 0.3 is 0 Å². The third-order valence-electron chi connectivity index (χ3n) is 4.50. The standard InChI is InChI=1S/C18H23N5OS/c1-21-17(8-7-16(19)24)20-23(18(21)25)13-22-11-9-15(10-12-22)14-5-3-2-4-6-14/h2-6,9H,7-8,10-13H2,1H3,(H2,19,24). The topological polar surface area (TPSA) is 69.1 Å². The van der Waals surface area contributed by atoms with Crippen LogP contribution in [0.3, 0.4) is 0 Å². The smallest absolute Gasteiger partial charge is 0.217 e. The lowest BCUT2D eigenvalue weighted by molar-refractivity contribution is -0.118. The van der Waals surface area contributed by atoms with Gasteiger partial charge in [0.1, 0.15) is 5.82 Å². The van der Waals surface area contributed by atoms with Gasteiger partial charge in [0.15, 0.2) is 4.77 Å². The number of amides is 1. The lowest BCUT2D eigenvalue weighted by atomic mass is 10.00. The molecule has 6 nitrogen and oxygen atoms in total. The zero-order valence-electron chi connectivity index (χ0n) is 14.4. The number of nitrogens with two attached hydrogens (primary N) is 1. The molecule has 132 valence electrons. The minimum absolute atomic E-state index is 0.284. The Bertz CT molecular complexity index is 837. The second kappa shape index (κ2) is 7.76. The lowest BCUT2D eigenvalue weighted by Crippen LogP contribution is -2.31. The fraction of sp³-hybridized carbons (Fsp3) is 0.389. The summed E-state index contributed by atoms with van der Waals surface area (Å²) >= 11 is 5.47. The molecule has 0 atom stereocenters. The zero-order valence-corrected chi connectivity index (χ0v) is 15.2. The molecule has 0 saturated heterocycles. The normalized spacial score (nSPS) is 15.2. The first-order valence-corrected chi connectivity index (χ1v) is 8.83. The number of rotatable bonds is 6. The fourth-order valence-electron chi connectivity index (χ4n) is 3.02. The van der Waals surface area contributed by atoms with Crippen molar-refractivity contribution in [1.29, 1.82) is 0 Å². The second-order valence-electron chi connectivity index (χ2n) is 6.29. The first kappa shape index (κ1) is 17.6. The number of carbonyl (C=O) groups is 1. The Hall–Kier alpha value is -2.25. The van der Waals surface area contributed by atoms with E-state index in [1.54, 1.807) is 0 Å². The first-order valence-electron chi connectivity index (χ1n) is 8.42. The third-order valence-corrected chi connectivity index (χ3v) is 4.98. The van der Waals surface area contributed by atoms with Crippen LogP contribution in [-0.4, -0.2) is 38.2 Å². The Morgan fingerprint density at radius 1 is 1.32 bits per heavy atom. The van der Waals surface area contributed by atoms with Crippen LogP contribution in [0.25, 0.3) is 5.57 Å². The molecule has 1 aromatic carbocycles. The van der Waals surface area contributed by atoms with Gasteiger partial charge in [-0.25, -0.2) is 4.68 Å². The zero-order chi connectivity index (χ0) is 17.8. The van der Waals surface area contributed by atoms with Gasteiger partial charge in [0.25, 0.3) is 0 Å². The molecule has 0 aliphatic carbocycles. The maximum absolute atomic E-state index is 11.0. The molecule has 1 aliphatic heterocycles. The van der Waals surface area contributed by atoms with Crippen molar-refractivity contribution in [3.8, 4) is 0 Å². The molecule has 7 heteroatoms. The van der Waals surface area contributed by atoms with Crippen LogP contribution in [0.4, 0.5) is 0 Å². The fourth-order valence-corrected chi connectivity index (χ4v) is 3.23. The number of primary amides is 1. The van der Waals surface area contributed by atoms with E-state index in [2.05, 4.69) is 40.3 Å². The molecule has 25 heavy (non-hydrogen) atoms. The van der Waals surface area contributed by atoms with Gasteiger partial charge in [-0.05, 0) is 29.8 Å². The van der Waals surface area contributed by atoms with E-state index in [0.29, 0.717) is 17.9 Å². The molecule has 0 bridgehead atoms. The van der Waals surface area contributed by atoms with Crippen LogP contribution in [-0.2, 0) is 24.9 Å². The van der Waals surface area contributed by atoms with Crippen molar-refractivity contribution in [2.75, 3.05) is 13.1 Å². The average Bonchev–Trinajstić information content (AvgIpc) is 2.89. The van der Waals surface area contributed by atoms with Crippen molar-refractivity contribution in [1.82, 2.24) is 19.2 Å². The number of carbonyl (C=O) groups excluding carboxylic acids is 1. The summed E-state index contributed by atoms with van der Waals surface area (Å²) in [6, 6.07) is 10.5. The maximum Gasteiger partial charge on any atom is 0.217 e. The van der Waals surface area contributed by atoms with Crippen molar-refractivity contribution in [3.63, 3.8) is 0 Å². The van der Waals surface area contributed by atoms with E-state index in [1.807, 2.05) is 22.4 Å². The molecule has 1 amide bonds. The van der Waals surface area contributed by atoms with Crippen molar-refractivity contribution in [2.45, 2.75) is 25.9 Å². The van der Waals surface area contributed by atoms with E-state index >= 15 is 0 Å². The van der Waals surface area contributed by atoms with Crippen LogP contribution in [0.15, 0.2) is 36.4 Å². The maximum atomic E-state index is 11.0. The van der Waals surface area contributed by atoms with Crippen LogP contribution in [0, 0.1) is 4.77 Å². The largest absolute Gasteiger partial charge is 0.370 e. The van der Waals surface area contributed by atoms with Gasteiger partial charge in [-0.2, -0.15) is 5.10 Å². The van der Waals surface area contributed by atoms with Crippen LogP contribution in [0.5, 0.6) is 0 Å². The molecule has 3 rings (SSSR count). The molecule has 0 unspecified atom stereocenters. The molecule has 1 aromatic heterocycles. The first-order chi connectivity index (χ1) is 12.0. The van der Waals surface area contributed by atoms with E-state index in [9.17, 15) is 4.79 Å². The van der Waals surface area contributed by atoms with Crippen LogP contribution >= 0.6 is 12.2 Å². The van der Waals surface area contributed by atoms with Gasteiger partial charge in [0.2, 0.25) is 5.91 Å². The highest BCUT2D eigenvalue weighted by Gasteiger charge is 2.15. The third kappa shape index (κ3) is 4.24. The summed E-state index contributed by atoms with van der Waals surface area (Å²) in [6.07, 6.45) is 4.09. The molecule has 2 aromatic rings. The van der Waals surface area contributed by atoms with E-state index in [1.165, 1.54) is 11.1 Å². The van der Waals surface area contributed by atoms with Crippen LogP contribution in [0.1, 0.15) is 24.2 Å². The van der Waals surface area contributed by atoms with Crippen LogP contribution < -0.4 is 5.73 Å². The average molecular weight is 357 g/mol. The predicted molar refractivity (Wildman–Crippen MR) is 100 cm³/mol. The molecular formula is C18H23N5OS. The highest BCUT2D eigenvalue weighted by atomic mass is 32.1. The highest BCUT2D eigenvalue weighted by molar-refractivity contribution is 7.71. The molecule has 1 aliphatic rings. The molecule has 0 radical (unpaired) electrons. The Morgan fingerprint density at radius 3 is 2.72 bits per heavy atom. The van der Waals surface area contributed by atoms with Crippen LogP contribution in [0.2, 0.25) is 0 Å². The minimum Gasteiger partial charge on any atom is -0.370 e. The van der Waals surface area contributed by atoms with Gasteiger partial charge in [0, 0.05) is 33.0 Å². The monoisotopic (exact) mass is 357 g/mol. The van der Waals surface area contributed by atoms with E-state index < -0.39 is 0 Å². The number of benzene rings is 1. The second-order valence-corrected chi connectivity index (χ2v) is 6.65. The van der Waals surface area contributed by atoms with Gasteiger partial charge in [-0.3, -0.25) is 9.69 Å². The Balaban J connectivity index is 1.66. The number of aromatic nitrogens is 3. The molecule has 2 heterocycles. The minimum atomic E-state index is -0.324. The number of hydrogen-bond donors (Lipinski definition) is 1. The predicted octanol–water partition coefficient (Wildman–Crippen LogP) is 2.12. The van der Waals surface area contributed by atoms with Gasteiger partial charge in [-0.1, -0.05) is 36.4 Å². The SMILES string of the molecule is Cn1c(CCC(N)=O)nn(CN2CC=C(c3ccccc3)CC2)c1=S. The van der Waals surface area contributed by atoms with E-state index in [4.69, 9.17) is 18.0 Å². The molecule has 0 saturated carbocycles. The number of hydrogen-bond acceptors (Lipinski definition) is 4.